The summed E-state index contributed by atoms with van der Waals surface area (Å²) in [6, 6.07) is 9.31. The van der Waals surface area contributed by atoms with Gasteiger partial charge in [-0.15, -0.1) is 0 Å². The summed E-state index contributed by atoms with van der Waals surface area (Å²) in [5.41, 5.74) is 0.929. The van der Waals surface area contributed by atoms with Crippen molar-refractivity contribution in [3.05, 3.63) is 35.9 Å². The van der Waals surface area contributed by atoms with E-state index >= 15 is 0 Å². The molecule has 0 bridgehead atoms. The lowest BCUT2D eigenvalue weighted by molar-refractivity contribution is -0.181. The molecule has 2 aliphatic rings. The van der Waals surface area contributed by atoms with E-state index in [9.17, 15) is 4.79 Å². The summed E-state index contributed by atoms with van der Waals surface area (Å²) in [4.78, 5) is 15.4. The van der Waals surface area contributed by atoms with Gasteiger partial charge in [-0.1, -0.05) is 71.9 Å². The first-order valence-electron chi connectivity index (χ1n) is 13.4. The topological polar surface area (TPSA) is 66.5 Å². The van der Waals surface area contributed by atoms with E-state index in [4.69, 9.17) is 23.1 Å². The van der Waals surface area contributed by atoms with Crippen LogP contribution < -0.4 is 0 Å². The lowest BCUT2D eigenvalue weighted by Gasteiger charge is -2.43. The molecule has 0 saturated carbocycles. The van der Waals surface area contributed by atoms with E-state index in [0.717, 1.165) is 5.56 Å². The molecule has 1 aromatic rings. The van der Waals surface area contributed by atoms with E-state index in [2.05, 4.69) is 67.7 Å². The highest BCUT2D eigenvalue weighted by atomic mass is 28.4. The van der Waals surface area contributed by atoms with Gasteiger partial charge in [0, 0.05) is 0 Å². The Morgan fingerprint density at radius 2 is 1.51 bits per heavy atom. The fraction of sp³-hybridized carbons (Fsp3) is 0.750. The van der Waals surface area contributed by atoms with Gasteiger partial charge in [-0.2, -0.15) is 0 Å². The Balaban J connectivity index is 1.95. The van der Waals surface area contributed by atoms with Crippen LogP contribution in [0.15, 0.2) is 30.3 Å². The molecule has 2 aliphatic heterocycles. The van der Waals surface area contributed by atoms with Crippen molar-refractivity contribution in [2.75, 3.05) is 6.61 Å². The number of rotatable bonds is 7. The summed E-state index contributed by atoms with van der Waals surface area (Å²) < 4.78 is 32.2. The average molecular weight is 552 g/mol. The predicted molar refractivity (Wildman–Crippen MR) is 151 cm³/mol. The molecule has 2 saturated heterocycles. The molecule has 0 spiro atoms. The van der Waals surface area contributed by atoms with Crippen molar-refractivity contribution >= 4 is 22.7 Å². The Labute approximate surface area is 226 Å². The van der Waals surface area contributed by atoms with Crippen molar-refractivity contribution in [2.24, 2.45) is 0 Å². The molecule has 3 rings (SSSR count). The first kappa shape index (κ1) is 30.3. The quantitative estimate of drug-likeness (QED) is 0.344. The van der Waals surface area contributed by atoms with Gasteiger partial charge in [0.25, 0.3) is 0 Å². The summed E-state index contributed by atoms with van der Waals surface area (Å²) in [5, 5.41) is 0.0223. The van der Waals surface area contributed by atoms with Crippen LogP contribution in [0.4, 0.5) is 4.79 Å². The average Bonchev–Trinajstić information content (AvgIpc) is 3.19. The van der Waals surface area contributed by atoms with Crippen LogP contribution in [0.2, 0.25) is 36.3 Å². The lowest BCUT2D eigenvalue weighted by Crippen LogP contribution is -2.54. The van der Waals surface area contributed by atoms with Gasteiger partial charge in [0.2, 0.25) is 0 Å². The van der Waals surface area contributed by atoms with Crippen molar-refractivity contribution in [3.63, 3.8) is 0 Å². The molecule has 0 unspecified atom stereocenters. The minimum atomic E-state index is -2.22. The number of hydrogen-bond donors (Lipinski definition) is 0. The largest absolute Gasteiger partial charge is 0.444 e. The lowest BCUT2D eigenvalue weighted by atomic mass is 10.1. The van der Waals surface area contributed by atoms with Gasteiger partial charge in [-0.25, -0.2) is 4.79 Å². The monoisotopic (exact) mass is 551 g/mol. The van der Waals surface area contributed by atoms with Gasteiger partial charge in [0.15, 0.2) is 28.6 Å². The maximum Gasteiger partial charge on any atom is 0.412 e. The molecule has 0 aliphatic carbocycles. The van der Waals surface area contributed by atoms with Crippen LogP contribution in [-0.2, 0) is 29.7 Å². The molecule has 210 valence electrons. The maximum atomic E-state index is 13.7. The van der Waals surface area contributed by atoms with Gasteiger partial charge in [0.05, 0.1) is 18.8 Å². The fourth-order valence-electron chi connectivity index (χ4n) is 4.16. The number of likely N-dealkylation sites (tertiary alicyclic amines) is 1. The van der Waals surface area contributed by atoms with Crippen LogP contribution in [-0.4, -0.2) is 64.5 Å². The second kappa shape index (κ2) is 10.4. The molecular weight excluding hydrogens is 502 g/mol. The van der Waals surface area contributed by atoms with Crippen LogP contribution in [0, 0.1) is 0 Å². The van der Waals surface area contributed by atoms with Crippen molar-refractivity contribution in [2.45, 2.75) is 129 Å². The molecule has 1 aromatic carbocycles. The second-order valence-corrected chi connectivity index (χ2v) is 23.5. The molecule has 7 nitrogen and oxygen atoms in total. The zero-order chi connectivity index (χ0) is 28.0. The van der Waals surface area contributed by atoms with E-state index in [-0.39, 0.29) is 22.8 Å². The van der Waals surface area contributed by atoms with E-state index in [0.29, 0.717) is 6.61 Å². The standard InChI is InChI=1S/C28H49NO6Si2/c1-26(2,3)36(9,10)32-19-21-22(35-37(11,12)27(4,5)6)23-24(34-28(7,8)33-23)29(21)25(30)31-18-20-16-14-13-15-17-20/h13-17,21-24H,18-19H2,1-12H3/t21-,22-,23+,24+/m1/s1. The van der Waals surface area contributed by atoms with Crippen LogP contribution in [0.3, 0.4) is 0 Å². The first-order chi connectivity index (χ1) is 16.8. The molecule has 2 fully saturated rings. The van der Waals surface area contributed by atoms with E-state index in [1.807, 2.05) is 44.2 Å². The molecule has 1 amide bonds. The van der Waals surface area contributed by atoms with Crippen molar-refractivity contribution in [3.8, 4) is 0 Å². The molecule has 9 heteroatoms. The van der Waals surface area contributed by atoms with Gasteiger partial charge in [-0.05, 0) is 55.7 Å². The second-order valence-electron chi connectivity index (χ2n) is 13.9. The zero-order valence-corrected chi connectivity index (χ0v) is 27.0. The third-order valence-corrected chi connectivity index (χ3v) is 17.5. The molecule has 0 radical (unpaired) electrons. The highest BCUT2D eigenvalue weighted by Crippen LogP contribution is 2.46. The fourth-order valence-corrected chi connectivity index (χ4v) is 6.51. The number of fused-ring (bicyclic) bond motifs is 1. The molecule has 0 N–H and O–H groups in total. The molecule has 4 atom stereocenters. The predicted octanol–water partition coefficient (Wildman–Crippen LogP) is 6.90. The van der Waals surface area contributed by atoms with Crippen molar-refractivity contribution in [1.29, 1.82) is 0 Å². The molecular formula is C28H49NO6Si2. The summed E-state index contributed by atoms with van der Waals surface area (Å²) in [6.45, 7) is 26.5. The SMILES string of the molecule is CC1(C)O[C@H]2[C@H](O[Si](C)(C)C(C)(C)C)[C@@H](CO[Si](C)(C)C(C)(C)C)N(C(=O)OCc3ccccc3)[C@H]2O1. The Morgan fingerprint density at radius 3 is 2.05 bits per heavy atom. The van der Waals surface area contributed by atoms with Crippen LogP contribution in [0.25, 0.3) is 0 Å². The first-order valence-corrected chi connectivity index (χ1v) is 19.2. The number of benzene rings is 1. The van der Waals surface area contributed by atoms with Crippen molar-refractivity contribution in [1.82, 2.24) is 4.90 Å². The Bertz CT molecular complexity index is 938. The van der Waals surface area contributed by atoms with Crippen LogP contribution >= 0.6 is 0 Å². The van der Waals surface area contributed by atoms with E-state index < -0.39 is 46.9 Å². The Morgan fingerprint density at radius 1 is 0.946 bits per heavy atom. The number of carbonyl (C=O) groups is 1. The Hall–Kier alpha value is -1.24. The summed E-state index contributed by atoms with van der Waals surface area (Å²) >= 11 is 0. The normalized spacial score (nSPS) is 26.3. The van der Waals surface area contributed by atoms with Crippen molar-refractivity contribution < 1.29 is 27.9 Å². The van der Waals surface area contributed by atoms with Gasteiger partial charge >= 0.3 is 6.09 Å². The molecule has 37 heavy (non-hydrogen) atoms. The zero-order valence-electron chi connectivity index (χ0n) is 25.0. The van der Waals surface area contributed by atoms with Gasteiger partial charge < -0.3 is 23.1 Å². The number of ether oxygens (including phenoxy) is 3. The minimum absolute atomic E-state index is 0.0104. The molecule has 2 heterocycles. The van der Waals surface area contributed by atoms with Crippen LogP contribution in [0.5, 0.6) is 0 Å². The maximum absolute atomic E-state index is 13.7. The highest BCUT2D eigenvalue weighted by molar-refractivity contribution is 6.74. The smallest absolute Gasteiger partial charge is 0.412 e. The Kier molecular flexibility index (Phi) is 8.51. The van der Waals surface area contributed by atoms with Crippen LogP contribution in [0.1, 0.15) is 61.0 Å². The van der Waals surface area contributed by atoms with Gasteiger partial charge in [-0.3, -0.25) is 4.90 Å². The molecule has 0 aromatic heterocycles. The summed E-state index contributed by atoms with van der Waals surface area (Å²) in [7, 11) is -4.33. The summed E-state index contributed by atoms with van der Waals surface area (Å²) in [5.74, 6) is -0.840. The number of nitrogens with zero attached hydrogens (tertiary/aromatic N) is 1. The third kappa shape index (κ3) is 6.68. The number of amides is 1. The summed E-state index contributed by atoms with van der Waals surface area (Å²) in [6.07, 6.45) is -1.87. The van der Waals surface area contributed by atoms with E-state index in [1.165, 1.54) is 0 Å². The number of hydrogen-bond acceptors (Lipinski definition) is 6. The highest BCUT2D eigenvalue weighted by Gasteiger charge is 2.62. The van der Waals surface area contributed by atoms with E-state index in [1.54, 1.807) is 4.90 Å². The van der Waals surface area contributed by atoms with Gasteiger partial charge in [0.1, 0.15) is 12.7 Å². The third-order valence-electron chi connectivity index (χ3n) is 8.51. The number of carbonyl (C=O) groups excluding carboxylic acids is 1. The minimum Gasteiger partial charge on any atom is -0.444 e.